The summed E-state index contributed by atoms with van der Waals surface area (Å²) in [5.41, 5.74) is 2.01. The number of nitrogens with one attached hydrogen (secondary N) is 1. The minimum absolute atomic E-state index is 0.0517. The number of ether oxygens (including phenoxy) is 1. The zero-order valence-corrected chi connectivity index (χ0v) is 15.9. The van der Waals surface area contributed by atoms with E-state index in [0.29, 0.717) is 38.0 Å². The highest BCUT2D eigenvalue weighted by Gasteiger charge is 2.51. The SMILES string of the molecule is CCc1ccc(NC(=O)N2CC(c3nc(C)no3)C3(CCOCC3)C2)cc1. The number of benzene rings is 1. The Hall–Kier alpha value is -2.41. The van der Waals surface area contributed by atoms with E-state index in [1.54, 1.807) is 0 Å². The minimum Gasteiger partial charge on any atom is -0.381 e. The quantitative estimate of drug-likeness (QED) is 0.896. The van der Waals surface area contributed by atoms with Crippen LogP contribution in [-0.2, 0) is 11.2 Å². The predicted octanol–water partition coefficient (Wildman–Crippen LogP) is 3.37. The number of aromatic nitrogens is 2. The van der Waals surface area contributed by atoms with Crippen LogP contribution in [0.4, 0.5) is 10.5 Å². The Labute approximate surface area is 159 Å². The third-order valence-electron chi connectivity index (χ3n) is 5.88. The Kier molecular flexibility index (Phi) is 4.86. The highest BCUT2D eigenvalue weighted by molar-refractivity contribution is 5.89. The van der Waals surface area contributed by atoms with E-state index in [2.05, 4.69) is 22.4 Å². The summed E-state index contributed by atoms with van der Waals surface area (Å²) in [6, 6.07) is 7.92. The van der Waals surface area contributed by atoms with Crippen LogP contribution in [0.15, 0.2) is 28.8 Å². The largest absolute Gasteiger partial charge is 0.381 e. The van der Waals surface area contributed by atoms with Gasteiger partial charge in [0, 0.05) is 37.4 Å². The monoisotopic (exact) mass is 370 g/mol. The lowest BCUT2D eigenvalue weighted by Gasteiger charge is -2.36. The highest BCUT2D eigenvalue weighted by atomic mass is 16.5. The van der Waals surface area contributed by atoms with Crippen LogP contribution in [-0.4, -0.2) is 47.4 Å². The van der Waals surface area contributed by atoms with Gasteiger partial charge in [-0.15, -0.1) is 0 Å². The van der Waals surface area contributed by atoms with E-state index in [9.17, 15) is 4.79 Å². The molecular weight excluding hydrogens is 344 g/mol. The van der Waals surface area contributed by atoms with Crippen molar-refractivity contribution >= 4 is 11.7 Å². The summed E-state index contributed by atoms with van der Waals surface area (Å²) >= 11 is 0. The molecule has 2 aliphatic heterocycles. The molecule has 144 valence electrons. The maximum absolute atomic E-state index is 12.9. The molecule has 4 rings (SSSR count). The molecule has 2 amide bonds. The van der Waals surface area contributed by atoms with Crippen LogP contribution >= 0.6 is 0 Å². The molecule has 0 radical (unpaired) electrons. The van der Waals surface area contributed by atoms with Gasteiger partial charge in [0.05, 0.1) is 5.92 Å². The first-order chi connectivity index (χ1) is 13.1. The van der Waals surface area contributed by atoms with Crippen LogP contribution in [0.25, 0.3) is 0 Å². The van der Waals surface area contributed by atoms with Crippen LogP contribution in [0.3, 0.4) is 0 Å². The van der Waals surface area contributed by atoms with Crippen molar-refractivity contribution in [1.29, 1.82) is 0 Å². The van der Waals surface area contributed by atoms with Crippen molar-refractivity contribution in [2.75, 3.05) is 31.6 Å². The number of hydrogen-bond acceptors (Lipinski definition) is 5. The highest BCUT2D eigenvalue weighted by Crippen LogP contribution is 2.49. The lowest BCUT2D eigenvalue weighted by molar-refractivity contribution is 0.00959. The molecule has 1 unspecified atom stereocenters. The van der Waals surface area contributed by atoms with E-state index in [0.717, 1.165) is 24.9 Å². The normalized spacial score (nSPS) is 21.6. The lowest BCUT2D eigenvalue weighted by Crippen LogP contribution is -2.38. The molecule has 7 heteroatoms. The van der Waals surface area contributed by atoms with E-state index in [-0.39, 0.29) is 17.4 Å². The fourth-order valence-electron chi connectivity index (χ4n) is 4.23. The van der Waals surface area contributed by atoms with Gasteiger partial charge >= 0.3 is 6.03 Å². The second-order valence-electron chi connectivity index (χ2n) is 7.57. The maximum atomic E-state index is 12.9. The van der Waals surface area contributed by atoms with Crippen molar-refractivity contribution < 1.29 is 14.1 Å². The number of carbonyl (C=O) groups is 1. The summed E-state index contributed by atoms with van der Waals surface area (Å²) in [4.78, 5) is 19.2. The maximum Gasteiger partial charge on any atom is 0.321 e. The van der Waals surface area contributed by atoms with E-state index in [1.807, 2.05) is 36.1 Å². The second-order valence-corrected chi connectivity index (χ2v) is 7.57. The van der Waals surface area contributed by atoms with Crippen LogP contribution in [0, 0.1) is 12.3 Å². The van der Waals surface area contributed by atoms with E-state index in [4.69, 9.17) is 9.26 Å². The molecule has 1 N–H and O–H groups in total. The molecule has 7 nitrogen and oxygen atoms in total. The number of anilines is 1. The number of hydrogen-bond donors (Lipinski definition) is 1. The third kappa shape index (κ3) is 3.56. The summed E-state index contributed by atoms with van der Waals surface area (Å²) in [6.45, 7) is 6.62. The van der Waals surface area contributed by atoms with Gasteiger partial charge in [-0.2, -0.15) is 4.98 Å². The molecule has 0 saturated carbocycles. The van der Waals surface area contributed by atoms with Crippen molar-refractivity contribution in [2.24, 2.45) is 5.41 Å². The minimum atomic E-state index is -0.0798. The number of urea groups is 1. The van der Waals surface area contributed by atoms with Gasteiger partial charge in [-0.25, -0.2) is 4.79 Å². The number of aryl methyl sites for hydroxylation is 2. The molecule has 2 fully saturated rings. The Bertz CT molecular complexity index is 796. The zero-order valence-electron chi connectivity index (χ0n) is 15.9. The topological polar surface area (TPSA) is 80.5 Å². The van der Waals surface area contributed by atoms with Crippen molar-refractivity contribution in [1.82, 2.24) is 15.0 Å². The van der Waals surface area contributed by atoms with Gasteiger partial charge in [0.25, 0.3) is 0 Å². The summed E-state index contributed by atoms with van der Waals surface area (Å²) in [5, 5.41) is 6.98. The fraction of sp³-hybridized carbons (Fsp3) is 0.550. The van der Waals surface area contributed by atoms with Crippen LogP contribution in [0.5, 0.6) is 0 Å². The van der Waals surface area contributed by atoms with Crippen LogP contribution < -0.4 is 5.32 Å². The summed E-state index contributed by atoms with van der Waals surface area (Å²) in [7, 11) is 0. The molecule has 1 spiro atoms. The van der Waals surface area contributed by atoms with Gasteiger partial charge in [0.15, 0.2) is 5.82 Å². The first-order valence-corrected chi connectivity index (χ1v) is 9.62. The number of nitrogens with zero attached hydrogens (tertiary/aromatic N) is 3. The Morgan fingerprint density at radius 1 is 1.30 bits per heavy atom. The van der Waals surface area contributed by atoms with Crippen molar-refractivity contribution in [3.8, 4) is 0 Å². The first-order valence-electron chi connectivity index (χ1n) is 9.62. The van der Waals surface area contributed by atoms with Gasteiger partial charge in [0.2, 0.25) is 5.89 Å². The molecule has 0 bridgehead atoms. The second kappa shape index (κ2) is 7.31. The number of carbonyl (C=O) groups excluding carboxylic acids is 1. The third-order valence-corrected chi connectivity index (χ3v) is 5.88. The van der Waals surface area contributed by atoms with Gasteiger partial charge in [-0.1, -0.05) is 24.2 Å². The molecule has 2 aromatic rings. The van der Waals surface area contributed by atoms with Gasteiger partial charge in [-0.3, -0.25) is 0 Å². The van der Waals surface area contributed by atoms with Crippen LogP contribution in [0.1, 0.15) is 43.0 Å². The fourth-order valence-corrected chi connectivity index (χ4v) is 4.23. The summed E-state index contributed by atoms with van der Waals surface area (Å²) in [5.74, 6) is 1.32. The number of rotatable bonds is 3. The Morgan fingerprint density at radius 3 is 2.67 bits per heavy atom. The summed E-state index contributed by atoms with van der Waals surface area (Å²) < 4.78 is 11.1. The zero-order chi connectivity index (χ0) is 18.9. The smallest absolute Gasteiger partial charge is 0.321 e. The van der Waals surface area contributed by atoms with E-state index >= 15 is 0 Å². The molecule has 3 heterocycles. The van der Waals surface area contributed by atoms with Crippen LogP contribution in [0.2, 0.25) is 0 Å². The lowest BCUT2D eigenvalue weighted by atomic mass is 9.72. The van der Waals surface area contributed by atoms with Gasteiger partial charge in [-0.05, 0) is 43.9 Å². The average Bonchev–Trinajstić information content (AvgIpc) is 3.27. The molecule has 1 atom stereocenters. The molecule has 1 aromatic heterocycles. The Balaban J connectivity index is 1.52. The van der Waals surface area contributed by atoms with Crippen molar-refractivity contribution in [3.05, 3.63) is 41.5 Å². The van der Waals surface area contributed by atoms with Gasteiger partial charge < -0.3 is 19.5 Å². The molecule has 2 aliphatic rings. The number of amides is 2. The van der Waals surface area contributed by atoms with Gasteiger partial charge in [0.1, 0.15) is 0 Å². The molecule has 27 heavy (non-hydrogen) atoms. The molecular formula is C20H26N4O3. The summed E-state index contributed by atoms with van der Waals surface area (Å²) in [6.07, 6.45) is 2.78. The predicted molar refractivity (Wildman–Crippen MR) is 101 cm³/mol. The van der Waals surface area contributed by atoms with Crippen molar-refractivity contribution in [3.63, 3.8) is 0 Å². The molecule has 0 aliphatic carbocycles. The van der Waals surface area contributed by atoms with Crippen molar-refractivity contribution in [2.45, 2.75) is 39.0 Å². The Morgan fingerprint density at radius 2 is 2.04 bits per heavy atom. The molecule has 1 aromatic carbocycles. The first kappa shape index (κ1) is 18.0. The standard InChI is InChI=1S/C20H26N4O3/c1-3-15-4-6-16(7-5-15)22-19(25)24-12-17(18-21-14(2)23-27-18)20(13-24)8-10-26-11-9-20/h4-7,17H,3,8-13H2,1-2H3,(H,22,25). The van der Waals surface area contributed by atoms with E-state index in [1.165, 1.54) is 5.56 Å². The van der Waals surface area contributed by atoms with E-state index < -0.39 is 0 Å². The molecule has 2 saturated heterocycles. The number of likely N-dealkylation sites (tertiary alicyclic amines) is 1. The average molecular weight is 370 g/mol.